The molecule has 4 heterocycles. The maximum atomic E-state index is 14.4. The van der Waals surface area contributed by atoms with Gasteiger partial charge in [-0.15, -0.1) is 0 Å². The van der Waals surface area contributed by atoms with Crippen molar-refractivity contribution in [2.24, 2.45) is 45.8 Å². The lowest BCUT2D eigenvalue weighted by Crippen LogP contribution is -2.88. The molecule has 4 saturated heterocycles. The number of piperidine rings is 1. The van der Waals surface area contributed by atoms with E-state index in [0.29, 0.717) is 25.3 Å². The Bertz CT molecular complexity index is 1160. The molecule has 7 heteroatoms. The van der Waals surface area contributed by atoms with Crippen LogP contribution in [-0.2, 0) is 23.9 Å². The van der Waals surface area contributed by atoms with E-state index in [2.05, 4.69) is 25.7 Å². The van der Waals surface area contributed by atoms with Gasteiger partial charge < -0.3 is 14.6 Å². The average molecular weight is 512 g/mol. The first-order valence-electron chi connectivity index (χ1n) is 14.4. The van der Waals surface area contributed by atoms with Crippen molar-refractivity contribution < 1.29 is 29.0 Å². The van der Waals surface area contributed by atoms with Gasteiger partial charge in [-0.3, -0.25) is 14.4 Å². The number of nitrogens with zero attached hydrogens (tertiary/aromatic N) is 1. The zero-order valence-electron chi connectivity index (χ0n) is 23.0. The number of ketones is 2. The second-order valence-electron chi connectivity index (χ2n) is 14.6. The predicted octanol–water partition coefficient (Wildman–Crippen LogP) is 3.63. The summed E-state index contributed by atoms with van der Waals surface area (Å²) in [6.45, 7) is 13.0. The van der Waals surface area contributed by atoms with Gasteiger partial charge in [0.2, 0.25) is 5.72 Å². The fraction of sp³-hybridized carbons (Fsp3) is 0.833. The van der Waals surface area contributed by atoms with Crippen molar-refractivity contribution in [2.75, 3.05) is 6.54 Å². The molecule has 0 aromatic heterocycles. The topological polar surface area (TPSA) is 93.1 Å². The van der Waals surface area contributed by atoms with E-state index >= 15 is 0 Å². The van der Waals surface area contributed by atoms with Crippen LogP contribution in [0.2, 0.25) is 0 Å². The molecule has 7 aliphatic rings. The number of carbonyl (C=O) groups is 3. The molecule has 7 rings (SSSR count). The first-order valence-corrected chi connectivity index (χ1v) is 14.4. The van der Waals surface area contributed by atoms with E-state index in [1.54, 1.807) is 6.08 Å². The van der Waals surface area contributed by atoms with Crippen LogP contribution in [0.5, 0.6) is 0 Å². The third kappa shape index (κ3) is 2.46. The first kappa shape index (κ1) is 24.5. The maximum absolute atomic E-state index is 14.4. The number of ether oxygens (including phenoxy) is 2. The number of allylic oxidation sites excluding steroid dienone is 2. The minimum Gasteiger partial charge on any atom is -0.440 e. The number of aliphatic hydroxyl groups excluding tert-OH is 1. The summed E-state index contributed by atoms with van der Waals surface area (Å²) in [4.78, 5) is 43.6. The predicted molar refractivity (Wildman–Crippen MR) is 134 cm³/mol. The second kappa shape index (κ2) is 6.95. The van der Waals surface area contributed by atoms with E-state index in [-0.39, 0.29) is 36.0 Å². The number of esters is 1. The number of fused-ring (bicyclic) bond motifs is 5. The van der Waals surface area contributed by atoms with Crippen molar-refractivity contribution in [2.45, 2.75) is 104 Å². The summed E-state index contributed by atoms with van der Waals surface area (Å²) in [5, 5.41) is 12.8. The van der Waals surface area contributed by atoms with Gasteiger partial charge in [0, 0.05) is 35.1 Å². The van der Waals surface area contributed by atoms with Crippen molar-refractivity contribution in [1.29, 1.82) is 0 Å². The summed E-state index contributed by atoms with van der Waals surface area (Å²) in [6, 6.07) is 0. The van der Waals surface area contributed by atoms with Gasteiger partial charge in [-0.25, -0.2) is 4.90 Å². The molecule has 6 fully saturated rings. The van der Waals surface area contributed by atoms with Crippen LogP contribution >= 0.6 is 0 Å². The molecule has 7 nitrogen and oxygen atoms in total. The Kier molecular flexibility index (Phi) is 4.59. The molecule has 2 saturated carbocycles. The first-order chi connectivity index (χ1) is 17.2. The fourth-order valence-corrected chi connectivity index (χ4v) is 11.3. The number of hydrogen-bond donors (Lipinski definition) is 1. The number of rotatable bonds is 0. The quantitative estimate of drug-likeness (QED) is 0.497. The molecule has 3 aliphatic carbocycles. The molecule has 4 aliphatic heterocycles. The van der Waals surface area contributed by atoms with E-state index in [9.17, 15) is 19.5 Å². The normalized spacial score (nSPS) is 58.5. The number of hydrogen-bond acceptors (Lipinski definition) is 7. The van der Waals surface area contributed by atoms with E-state index in [1.165, 1.54) is 0 Å². The highest BCUT2D eigenvalue weighted by Crippen LogP contribution is 2.78. The molecule has 0 aromatic carbocycles. The third-order valence-electron chi connectivity index (χ3n) is 12.8. The van der Waals surface area contributed by atoms with Crippen LogP contribution in [0, 0.1) is 45.8 Å². The van der Waals surface area contributed by atoms with Gasteiger partial charge in [-0.05, 0) is 62.4 Å². The zero-order chi connectivity index (χ0) is 26.5. The summed E-state index contributed by atoms with van der Waals surface area (Å²) in [5.74, 6) is -1.48. The molecule has 0 radical (unpaired) electrons. The van der Waals surface area contributed by atoms with Crippen molar-refractivity contribution in [1.82, 2.24) is 4.90 Å². The molecule has 1 N–H and O–H groups in total. The van der Waals surface area contributed by atoms with Crippen molar-refractivity contribution in [3.05, 3.63) is 11.6 Å². The highest BCUT2D eigenvalue weighted by molar-refractivity contribution is 6.00. The van der Waals surface area contributed by atoms with Gasteiger partial charge in [0.05, 0.1) is 12.5 Å². The largest absolute Gasteiger partial charge is 0.440 e. The molecule has 0 aromatic rings. The van der Waals surface area contributed by atoms with Crippen molar-refractivity contribution >= 4 is 17.5 Å². The molecule has 4 bridgehead atoms. The summed E-state index contributed by atoms with van der Waals surface area (Å²) in [7, 11) is 0. The second-order valence-corrected chi connectivity index (χ2v) is 14.6. The van der Waals surface area contributed by atoms with E-state index < -0.39 is 51.6 Å². The summed E-state index contributed by atoms with van der Waals surface area (Å²) >= 11 is 0. The number of aliphatic hydroxyl groups is 1. The molecule has 1 spiro atoms. The van der Waals surface area contributed by atoms with Gasteiger partial charge >= 0.3 is 5.97 Å². The van der Waals surface area contributed by atoms with Crippen LogP contribution < -0.4 is 0 Å². The van der Waals surface area contributed by atoms with Gasteiger partial charge in [0.15, 0.2) is 5.78 Å². The van der Waals surface area contributed by atoms with Crippen LogP contribution in [0.4, 0.5) is 0 Å². The lowest BCUT2D eigenvalue weighted by Gasteiger charge is -2.78. The van der Waals surface area contributed by atoms with Gasteiger partial charge in [0.25, 0.3) is 0 Å². The van der Waals surface area contributed by atoms with Crippen molar-refractivity contribution in [3.8, 4) is 0 Å². The molecular formula is C30H41NO6. The lowest BCUT2D eigenvalue weighted by atomic mass is 9.32. The van der Waals surface area contributed by atoms with Gasteiger partial charge in [-0.2, -0.15) is 0 Å². The van der Waals surface area contributed by atoms with Crippen molar-refractivity contribution in [3.63, 3.8) is 0 Å². The molecule has 202 valence electrons. The monoisotopic (exact) mass is 511 g/mol. The molecule has 0 amide bonds. The zero-order valence-corrected chi connectivity index (χ0v) is 23.0. The molecule has 0 unspecified atom stereocenters. The molecule has 12 atom stereocenters. The Morgan fingerprint density at radius 2 is 1.84 bits per heavy atom. The minimum atomic E-state index is -1.30. The number of carbonyl (C=O) groups excluding carboxylic acids is 3. The van der Waals surface area contributed by atoms with E-state index in [1.807, 2.05) is 20.8 Å². The third-order valence-corrected chi connectivity index (χ3v) is 12.8. The standard InChI is InChI=1S/C30H41NO6/c1-15-10-19-22(20(32)11-15)17(3)23(34)24-26(4)13-21(33)37-30(25(35)28(19,24)6)27(26,5)7-8-29-12-16(2)9-18(36-29)14-31(29)30/h11,16-19,22,24-25,35H,7-10,12-14H2,1-6H3/t16-,17+,18+,19+,22-,24+,25-,26-,27-,28-,29-,30+/m0/s1. The summed E-state index contributed by atoms with van der Waals surface area (Å²) < 4.78 is 13.2. The minimum absolute atomic E-state index is 0.00563. The molecular weight excluding hydrogens is 470 g/mol. The molecule has 37 heavy (non-hydrogen) atoms. The Morgan fingerprint density at radius 3 is 2.57 bits per heavy atom. The van der Waals surface area contributed by atoms with Gasteiger partial charge in [0.1, 0.15) is 17.6 Å². The summed E-state index contributed by atoms with van der Waals surface area (Å²) in [6.07, 6.45) is 4.72. The Balaban J connectivity index is 1.49. The Morgan fingerprint density at radius 1 is 1.11 bits per heavy atom. The van der Waals surface area contributed by atoms with Crippen LogP contribution in [0.15, 0.2) is 11.6 Å². The fourth-order valence-electron chi connectivity index (χ4n) is 11.3. The van der Waals surface area contributed by atoms with E-state index in [0.717, 1.165) is 24.8 Å². The maximum Gasteiger partial charge on any atom is 0.308 e. The van der Waals surface area contributed by atoms with Gasteiger partial charge in [-0.1, -0.05) is 40.2 Å². The number of Topliss-reactive ketones (excluding diaryl/α,β-unsaturated/α-hetero) is 1. The van der Waals surface area contributed by atoms with Crippen LogP contribution in [0.25, 0.3) is 0 Å². The summed E-state index contributed by atoms with van der Waals surface area (Å²) in [5.41, 5.74) is -3.16. The highest BCUT2D eigenvalue weighted by atomic mass is 16.6. The lowest BCUT2D eigenvalue weighted by molar-refractivity contribution is -0.412. The Labute approximate surface area is 219 Å². The van der Waals surface area contributed by atoms with Crippen LogP contribution in [0.1, 0.15) is 80.1 Å². The van der Waals surface area contributed by atoms with Crippen LogP contribution in [-0.4, -0.2) is 57.7 Å². The van der Waals surface area contributed by atoms with E-state index in [4.69, 9.17) is 9.47 Å². The average Bonchev–Trinajstić information content (AvgIpc) is 3.08. The van der Waals surface area contributed by atoms with Crippen LogP contribution in [0.3, 0.4) is 0 Å². The highest BCUT2D eigenvalue weighted by Gasteiger charge is 2.86. The smallest absolute Gasteiger partial charge is 0.308 e. The SMILES string of the molecule is CC1=CC(=O)[C@@H]2[C@@H](C1)[C@@]1(C)[C@H](C(=O)[C@@H]2C)[C@]2(C)CC(=O)O[C@@]3([C@H]1O)N1C[C@H]4C[C@H](C)C[C@]1(CC[C@@]23C)O4. The Hall–Kier alpha value is -1.57.